The maximum atomic E-state index is 11.4. The Morgan fingerprint density at radius 1 is 1.36 bits per heavy atom. The quantitative estimate of drug-likeness (QED) is 0.532. The normalized spacial score (nSPS) is 11.8. The van der Waals surface area contributed by atoms with Gasteiger partial charge in [0.15, 0.2) is 11.5 Å². The van der Waals surface area contributed by atoms with Gasteiger partial charge in [-0.25, -0.2) is 19.4 Å². The average Bonchev–Trinajstić information content (AvgIpc) is 3.12. The molecule has 7 heteroatoms. The Morgan fingerprint density at radius 2 is 2.23 bits per heavy atom. The summed E-state index contributed by atoms with van der Waals surface area (Å²) < 4.78 is 3.39. The van der Waals surface area contributed by atoms with Gasteiger partial charge in [-0.1, -0.05) is 5.92 Å². The maximum Gasteiger partial charge on any atom is 0.356 e. The van der Waals surface area contributed by atoms with Crippen LogP contribution < -0.4 is 0 Å². The van der Waals surface area contributed by atoms with E-state index in [1.54, 1.807) is 15.3 Å². The lowest BCUT2D eigenvalue weighted by atomic mass is 10.1. The molecular weight excluding hydrogens is 282 g/mol. The van der Waals surface area contributed by atoms with Crippen molar-refractivity contribution >= 4 is 5.97 Å². The fourth-order valence-corrected chi connectivity index (χ4v) is 2.66. The number of rotatable bonds is 1. The first kappa shape index (κ1) is 12.3. The molecule has 0 amide bonds. The molecule has 4 rings (SSSR count). The number of carbonyl (C=O) groups is 1. The number of aromatic nitrogens is 5. The Morgan fingerprint density at radius 3 is 3.00 bits per heavy atom. The lowest BCUT2D eigenvalue weighted by Gasteiger charge is -2.08. The molecule has 3 aromatic rings. The van der Waals surface area contributed by atoms with E-state index in [1.807, 2.05) is 12.1 Å². The van der Waals surface area contributed by atoms with E-state index in [9.17, 15) is 9.90 Å². The van der Waals surface area contributed by atoms with Gasteiger partial charge in [0.25, 0.3) is 0 Å². The maximum absolute atomic E-state index is 11.4. The third-order valence-electron chi connectivity index (χ3n) is 3.65. The van der Waals surface area contributed by atoms with E-state index in [4.69, 9.17) is 6.42 Å². The second kappa shape index (κ2) is 4.30. The average molecular weight is 291 g/mol. The predicted octanol–water partition coefficient (Wildman–Crippen LogP) is 1.17. The van der Waals surface area contributed by atoms with Crippen molar-refractivity contribution in [1.29, 1.82) is 0 Å². The van der Waals surface area contributed by atoms with E-state index in [2.05, 4.69) is 21.0 Å². The van der Waals surface area contributed by atoms with Crippen LogP contribution in [0.2, 0.25) is 0 Å². The van der Waals surface area contributed by atoms with Crippen molar-refractivity contribution in [2.45, 2.75) is 6.54 Å². The van der Waals surface area contributed by atoms with Crippen molar-refractivity contribution in [2.75, 3.05) is 0 Å². The largest absolute Gasteiger partial charge is 0.476 e. The van der Waals surface area contributed by atoms with Crippen LogP contribution in [0.25, 0.3) is 17.1 Å². The third kappa shape index (κ3) is 1.58. The van der Waals surface area contributed by atoms with Crippen LogP contribution >= 0.6 is 0 Å². The number of carboxylic acids is 1. The van der Waals surface area contributed by atoms with Gasteiger partial charge in [-0.3, -0.25) is 4.57 Å². The number of aromatic carboxylic acids is 1. The molecule has 106 valence electrons. The van der Waals surface area contributed by atoms with Crippen LogP contribution in [0.3, 0.4) is 0 Å². The van der Waals surface area contributed by atoms with E-state index in [0.29, 0.717) is 11.5 Å². The minimum atomic E-state index is -1.07. The Labute approximate surface area is 124 Å². The first-order chi connectivity index (χ1) is 10.7. The molecule has 0 saturated heterocycles. The summed E-state index contributed by atoms with van der Waals surface area (Å²) in [5, 5.41) is 13.5. The van der Waals surface area contributed by atoms with Gasteiger partial charge < -0.3 is 5.11 Å². The fourth-order valence-electron chi connectivity index (χ4n) is 2.66. The smallest absolute Gasteiger partial charge is 0.356 e. The van der Waals surface area contributed by atoms with Gasteiger partial charge in [0, 0.05) is 11.1 Å². The number of terminal acetylenes is 1. The summed E-state index contributed by atoms with van der Waals surface area (Å²) in [7, 11) is 0. The first-order valence-electron chi connectivity index (χ1n) is 6.48. The molecule has 0 fully saturated rings. The molecule has 0 atom stereocenters. The van der Waals surface area contributed by atoms with Gasteiger partial charge in [-0.15, -0.1) is 6.42 Å². The molecule has 1 aromatic carbocycles. The molecule has 0 aliphatic carbocycles. The van der Waals surface area contributed by atoms with Crippen LogP contribution in [0.4, 0.5) is 0 Å². The summed E-state index contributed by atoms with van der Waals surface area (Å²) in [4.78, 5) is 19.6. The molecule has 0 radical (unpaired) electrons. The number of benzene rings is 1. The molecule has 0 unspecified atom stereocenters. The summed E-state index contributed by atoms with van der Waals surface area (Å²) >= 11 is 0. The molecule has 1 aliphatic heterocycles. The molecule has 3 heterocycles. The van der Waals surface area contributed by atoms with Crippen LogP contribution in [0.5, 0.6) is 0 Å². The molecule has 1 aliphatic rings. The molecule has 22 heavy (non-hydrogen) atoms. The van der Waals surface area contributed by atoms with Crippen molar-refractivity contribution in [3.05, 3.63) is 47.8 Å². The number of hydrogen-bond acceptors (Lipinski definition) is 4. The summed E-state index contributed by atoms with van der Waals surface area (Å²) in [6.45, 7) is 0.275. The lowest BCUT2D eigenvalue weighted by molar-refractivity contribution is 0.0689. The van der Waals surface area contributed by atoms with Crippen molar-refractivity contribution in [3.8, 4) is 29.4 Å². The molecular formula is C15H9N5O2. The fraction of sp³-hybridized carbons (Fsp3) is 0.0667. The Bertz CT molecular complexity index is 961. The molecule has 1 N–H and O–H groups in total. The summed E-state index contributed by atoms with van der Waals surface area (Å²) in [5.41, 5.74) is 2.85. The zero-order chi connectivity index (χ0) is 15.3. The minimum Gasteiger partial charge on any atom is -0.476 e. The lowest BCUT2D eigenvalue weighted by Crippen LogP contribution is -2.09. The number of fused-ring (bicyclic) bond motifs is 5. The van der Waals surface area contributed by atoms with Gasteiger partial charge in [-0.05, 0) is 18.2 Å². The summed E-state index contributed by atoms with van der Waals surface area (Å²) in [6, 6.07) is 5.48. The van der Waals surface area contributed by atoms with Gasteiger partial charge in [0.05, 0.1) is 17.9 Å². The van der Waals surface area contributed by atoms with Gasteiger partial charge in [0.1, 0.15) is 12.7 Å². The zero-order valence-electron chi connectivity index (χ0n) is 11.3. The van der Waals surface area contributed by atoms with E-state index in [0.717, 1.165) is 16.8 Å². The number of nitrogens with zero attached hydrogens (tertiary/aromatic N) is 5. The second-order valence-electron chi connectivity index (χ2n) is 4.83. The highest BCUT2D eigenvalue weighted by Crippen LogP contribution is 2.31. The van der Waals surface area contributed by atoms with E-state index >= 15 is 0 Å². The standard InChI is InChI=1S/C15H9N5O2/c1-2-9-3-4-11-10(5-9)14-16-7-18-20(14)6-12-13(15(21)22)17-8-19(11)12/h1,3-5,7-8H,6H2,(H,21,22). The molecule has 0 saturated carbocycles. The highest BCUT2D eigenvalue weighted by molar-refractivity contribution is 5.87. The van der Waals surface area contributed by atoms with Gasteiger partial charge in [-0.2, -0.15) is 5.10 Å². The topological polar surface area (TPSA) is 85.8 Å². The summed E-state index contributed by atoms with van der Waals surface area (Å²) in [5.74, 6) is 2.17. The van der Waals surface area contributed by atoms with Crippen molar-refractivity contribution < 1.29 is 9.90 Å². The van der Waals surface area contributed by atoms with Crippen LogP contribution in [0, 0.1) is 12.3 Å². The number of imidazole rings is 1. The first-order valence-corrected chi connectivity index (χ1v) is 6.48. The summed E-state index contributed by atoms with van der Waals surface area (Å²) in [6.07, 6.45) is 8.40. The van der Waals surface area contributed by atoms with Crippen LogP contribution in [-0.4, -0.2) is 35.4 Å². The van der Waals surface area contributed by atoms with Gasteiger partial charge in [0.2, 0.25) is 0 Å². The van der Waals surface area contributed by atoms with Crippen LogP contribution in [0.15, 0.2) is 30.9 Å². The molecule has 0 bridgehead atoms. The minimum absolute atomic E-state index is 0.00956. The zero-order valence-corrected chi connectivity index (χ0v) is 11.3. The molecule has 7 nitrogen and oxygen atoms in total. The monoisotopic (exact) mass is 291 g/mol. The second-order valence-corrected chi connectivity index (χ2v) is 4.83. The Kier molecular flexibility index (Phi) is 2.41. The molecule has 2 aromatic heterocycles. The van der Waals surface area contributed by atoms with Crippen LogP contribution in [0.1, 0.15) is 21.7 Å². The molecule has 0 spiro atoms. The number of hydrogen-bond donors (Lipinski definition) is 1. The van der Waals surface area contributed by atoms with Crippen LogP contribution in [-0.2, 0) is 6.54 Å². The predicted molar refractivity (Wildman–Crippen MR) is 76.6 cm³/mol. The van der Waals surface area contributed by atoms with Crippen molar-refractivity contribution in [2.24, 2.45) is 0 Å². The van der Waals surface area contributed by atoms with E-state index in [-0.39, 0.29) is 12.2 Å². The highest BCUT2D eigenvalue weighted by Gasteiger charge is 2.26. The van der Waals surface area contributed by atoms with Gasteiger partial charge >= 0.3 is 5.97 Å². The number of carboxylic acid groups (broad SMARTS) is 1. The van der Waals surface area contributed by atoms with Crippen molar-refractivity contribution in [3.63, 3.8) is 0 Å². The van der Waals surface area contributed by atoms with E-state index < -0.39 is 5.97 Å². The third-order valence-corrected chi connectivity index (χ3v) is 3.65. The SMILES string of the molecule is C#Cc1ccc2c(c1)-c1ncnn1Cc1c(C(=O)O)ncn1-2. The van der Waals surface area contributed by atoms with E-state index in [1.165, 1.54) is 12.7 Å². The highest BCUT2D eigenvalue weighted by atomic mass is 16.4. The van der Waals surface area contributed by atoms with Crippen molar-refractivity contribution in [1.82, 2.24) is 24.3 Å². The Balaban J connectivity index is 2.08. The Hall–Kier alpha value is -3.40.